The summed E-state index contributed by atoms with van der Waals surface area (Å²) < 4.78 is 7.38. The highest BCUT2D eigenvalue weighted by Crippen LogP contribution is 2.17. The summed E-state index contributed by atoms with van der Waals surface area (Å²) in [5, 5.41) is 7.44. The van der Waals surface area contributed by atoms with Gasteiger partial charge >= 0.3 is 0 Å². The van der Waals surface area contributed by atoms with Crippen molar-refractivity contribution in [1.82, 2.24) is 19.9 Å². The van der Waals surface area contributed by atoms with Gasteiger partial charge in [0.1, 0.15) is 0 Å². The smallest absolute Gasteiger partial charge is 0.220 e. The third kappa shape index (κ3) is 3.52. The van der Waals surface area contributed by atoms with Crippen LogP contribution < -0.4 is 5.32 Å². The maximum absolute atomic E-state index is 12.1. The number of rotatable bonds is 5. The van der Waals surface area contributed by atoms with Crippen molar-refractivity contribution in [3.63, 3.8) is 0 Å². The summed E-state index contributed by atoms with van der Waals surface area (Å²) in [6.45, 7) is 7.42. The van der Waals surface area contributed by atoms with E-state index in [1.165, 1.54) is 0 Å². The number of nitrogens with zero attached hydrogens (tertiary/aromatic N) is 3. The van der Waals surface area contributed by atoms with Crippen molar-refractivity contribution in [2.45, 2.75) is 52.6 Å². The Morgan fingerprint density at radius 3 is 3.00 bits per heavy atom. The summed E-state index contributed by atoms with van der Waals surface area (Å²) in [6, 6.07) is 1.97. The quantitative estimate of drug-likeness (QED) is 0.914. The highest BCUT2D eigenvalue weighted by atomic mass is 16.5. The number of fused-ring (bicyclic) bond motifs is 1. The average Bonchev–Trinajstić information content (AvgIpc) is 3.14. The summed E-state index contributed by atoms with van der Waals surface area (Å²) >= 11 is 0. The second kappa shape index (κ2) is 6.66. The number of ether oxygens (including phenoxy) is 1. The molecule has 1 saturated heterocycles. The number of nitrogens with one attached hydrogen (secondary N) is 1. The van der Waals surface area contributed by atoms with E-state index in [-0.39, 0.29) is 12.0 Å². The first-order valence-corrected chi connectivity index (χ1v) is 8.25. The highest BCUT2D eigenvalue weighted by Gasteiger charge is 2.17. The normalized spacial score (nSPS) is 17.8. The van der Waals surface area contributed by atoms with E-state index in [0.717, 1.165) is 47.7 Å². The molecule has 0 aromatic carbocycles. The topological polar surface area (TPSA) is 68.5 Å². The molecule has 1 aliphatic rings. The van der Waals surface area contributed by atoms with E-state index in [0.29, 0.717) is 19.4 Å². The molecule has 0 spiro atoms. The van der Waals surface area contributed by atoms with Gasteiger partial charge in [-0.15, -0.1) is 0 Å². The van der Waals surface area contributed by atoms with E-state index in [9.17, 15) is 4.79 Å². The van der Waals surface area contributed by atoms with Crippen molar-refractivity contribution >= 4 is 11.6 Å². The monoisotopic (exact) mass is 316 g/mol. The lowest BCUT2D eigenvalue weighted by Crippen LogP contribution is -2.32. The van der Waals surface area contributed by atoms with Gasteiger partial charge in [0.25, 0.3) is 0 Å². The minimum absolute atomic E-state index is 0.0658. The van der Waals surface area contributed by atoms with E-state index >= 15 is 0 Å². The molecule has 1 atom stereocenters. The van der Waals surface area contributed by atoms with Crippen LogP contribution in [0.1, 0.15) is 41.9 Å². The van der Waals surface area contributed by atoms with Gasteiger partial charge in [0.05, 0.1) is 11.8 Å². The summed E-state index contributed by atoms with van der Waals surface area (Å²) in [5.74, 6) is 0.0658. The van der Waals surface area contributed by atoms with Crippen LogP contribution in [0, 0.1) is 20.8 Å². The van der Waals surface area contributed by atoms with Crippen molar-refractivity contribution in [3.05, 3.63) is 28.7 Å². The zero-order valence-electron chi connectivity index (χ0n) is 14.1. The number of amides is 1. The van der Waals surface area contributed by atoms with E-state index in [4.69, 9.17) is 4.74 Å². The second-order valence-electron chi connectivity index (χ2n) is 6.26. The molecule has 1 fully saturated rings. The molecule has 0 aliphatic carbocycles. The molecule has 1 amide bonds. The zero-order chi connectivity index (χ0) is 16.4. The van der Waals surface area contributed by atoms with Crippen LogP contribution in [0.2, 0.25) is 0 Å². The van der Waals surface area contributed by atoms with E-state index in [1.54, 1.807) is 0 Å². The van der Waals surface area contributed by atoms with Gasteiger partial charge in [0.2, 0.25) is 5.91 Å². The van der Waals surface area contributed by atoms with Gasteiger partial charge < -0.3 is 10.1 Å². The van der Waals surface area contributed by atoms with Crippen LogP contribution in [0.25, 0.3) is 5.65 Å². The zero-order valence-corrected chi connectivity index (χ0v) is 14.1. The SMILES string of the molecule is Cc1cc2nc(C)c(CCC(=O)NCC3CCCO3)c(C)n2n1. The maximum Gasteiger partial charge on any atom is 0.220 e. The van der Waals surface area contributed by atoms with E-state index in [1.807, 2.05) is 31.4 Å². The second-order valence-corrected chi connectivity index (χ2v) is 6.26. The number of aryl methyl sites for hydroxylation is 3. The molecule has 3 rings (SSSR count). The Morgan fingerprint density at radius 2 is 2.26 bits per heavy atom. The minimum atomic E-state index is 0.0658. The van der Waals surface area contributed by atoms with E-state index < -0.39 is 0 Å². The predicted octanol–water partition coefficient (Wildman–Crippen LogP) is 1.88. The molecule has 1 unspecified atom stereocenters. The third-order valence-electron chi connectivity index (χ3n) is 4.44. The molecule has 2 aromatic heterocycles. The van der Waals surface area contributed by atoms with E-state index in [2.05, 4.69) is 15.4 Å². The van der Waals surface area contributed by atoms with Gasteiger partial charge in [-0.1, -0.05) is 0 Å². The number of hydrogen-bond donors (Lipinski definition) is 1. The Balaban J connectivity index is 1.63. The molecule has 1 N–H and O–H groups in total. The average molecular weight is 316 g/mol. The number of carbonyl (C=O) groups excluding carboxylic acids is 1. The van der Waals surface area contributed by atoms with Gasteiger partial charge in [-0.05, 0) is 45.6 Å². The first-order valence-electron chi connectivity index (χ1n) is 8.25. The molecule has 6 heteroatoms. The fourth-order valence-corrected chi connectivity index (χ4v) is 3.16. The molecule has 1 aliphatic heterocycles. The molecule has 6 nitrogen and oxygen atoms in total. The number of hydrogen-bond acceptors (Lipinski definition) is 4. The molecule has 3 heterocycles. The lowest BCUT2D eigenvalue weighted by Gasteiger charge is -2.13. The standard InChI is InChI=1S/C17H24N4O2/c1-11-9-16-19-12(2)15(13(3)21(16)20-11)6-7-17(22)18-10-14-5-4-8-23-14/h9,14H,4-8,10H2,1-3H3,(H,18,22). The molecule has 23 heavy (non-hydrogen) atoms. The van der Waals surface area contributed by atoms with Gasteiger partial charge in [0, 0.05) is 37.0 Å². The van der Waals surface area contributed by atoms with Crippen LogP contribution in [-0.2, 0) is 16.0 Å². The number of carbonyl (C=O) groups is 1. The van der Waals surface area contributed by atoms with Gasteiger partial charge in [0.15, 0.2) is 5.65 Å². The first-order chi connectivity index (χ1) is 11.0. The fraction of sp³-hybridized carbons (Fsp3) is 0.588. The molecule has 0 bridgehead atoms. The summed E-state index contributed by atoms with van der Waals surface area (Å²) in [6.07, 6.45) is 3.46. The fourth-order valence-electron chi connectivity index (χ4n) is 3.16. The van der Waals surface area contributed by atoms with Crippen LogP contribution in [-0.4, -0.2) is 39.8 Å². The molecule has 0 saturated carbocycles. The predicted molar refractivity (Wildman–Crippen MR) is 87.5 cm³/mol. The Labute approximate surface area is 136 Å². The van der Waals surface area contributed by atoms with Crippen molar-refractivity contribution in [2.24, 2.45) is 0 Å². The Kier molecular flexibility index (Phi) is 4.61. The molecule has 124 valence electrons. The minimum Gasteiger partial charge on any atom is -0.376 e. The third-order valence-corrected chi connectivity index (χ3v) is 4.44. The van der Waals surface area contributed by atoms with Crippen LogP contribution in [0.3, 0.4) is 0 Å². The van der Waals surface area contributed by atoms with Crippen molar-refractivity contribution < 1.29 is 9.53 Å². The first kappa shape index (κ1) is 15.9. The summed E-state index contributed by atoms with van der Waals surface area (Å²) in [5.41, 5.74) is 4.96. The summed E-state index contributed by atoms with van der Waals surface area (Å²) in [7, 11) is 0. The lowest BCUT2D eigenvalue weighted by molar-refractivity contribution is -0.121. The molecular formula is C17H24N4O2. The van der Waals surface area contributed by atoms with Crippen LogP contribution in [0.4, 0.5) is 0 Å². The Morgan fingerprint density at radius 1 is 1.43 bits per heavy atom. The van der Waals surface area contributed by atoms with Crippen molar-refractivity contribution in [3.8, 4) is 0 Å². The summed E-state index contributed by atoms with van der Waals surface area (Å²) in [4.78, 5) is 16.6. The maximum atomic E-state index is 12.1. The highest BCUT2D eigenvalue weighted by molar-refractivity contribution is 5.76. The largest absolute Gasteiger partial charge is 0.376 e. The van der Waals surface area contributed by atoms with Gasteiger partial charge in [-0.2, -0.15) is 5.10 Å². The lowest BCUT2D eigenvalue weighted by atomic mass is 10.1. The van der Waals surface area contributed by atoms with Crippen molar-refractivity contribution in [1.29, 1.82) is 0 Å². The van der Waals surface area contributed by atoms with Crippen LogP contribution in [0.15, 0.2) is 6.07 Å². The Hall–Kier alpha value is -1.95. The molecular weight excluding hydrogens is 292 g/mol. The molecule has 2 aromatic rings. The van der Waals surface area contributed by atoms with Crippen LogP contribution in [0.5, 0.6) is 0 Å². The van der Waals surface area contributed by atoms with Gasteiger partial charge in [-0.25, -0.2) is 9.50 Å². The Bertz CT molecular complexity index is 717. The van der Waals surface area contributed by atoms with Crippen LogP contribution >= 0.6 is 0 Å². The van der Waals surface area contributed by atoms with Crippen molar-refractivity contribution in [2.75, 3.05) is 13.2 Å². The molecule has 0 radical (unpaired) electrons. The van der Waals surface area contributed by atoms with Gasteiger partial charge in [-0.3, -0.25) is 4.79 Å². The number of aromatic nitrogens is 3.